The van der Waals surface area contributed by atoms with E-state index >= 15 is 0 Å². The highest BCUT2D eigenvalue weighted by Gasteiger charge is 2.24. The molecule has 1 heterocycles. The van der Waals surface area contributed by atoms with Crippen molar-refractivity contribution in [2.24, 2.45) is 5.73 Å². The minimum atomic E-state index is 0.133. The molecule has 0 saturated carbocycles. The van der Waals surface area contributed by atoms with E-state index in [2.05, 4.69) is 29.0 Å². The molecule has 1 rings (SSSR count). The molecule has 116 valence electrons. The van der Waals surface area contributed by atoms with Gasteiger partial charge in [-0.1, -0.05) is 32.5 Å². The first-order chi connectivity index (χ1) is 9.58. The van der Waals surface area contributed by atoms with Gasteiger partial charge in [-0.25, -0.2) is 0 Å². The van der Waals surface area contributed by atoms with Crippen LogP contribution in [0, 0.1) is 0 Å². The Morgan fingerprint density at radius 3 is 2.45 bits per heavy atom. The van der Waals surface area contributed by atoms with Crippen LogP contribution in [0.25, 0.3) is 0 Å². The normalized spacial score (nSPS) is 18.7. The van der Waals surface area contributed by atoms with E-state index in [9.17, 15) is 4.79 Å². The zero-order chi connectivity index (χ0) is 15.0. The van der Waals surface area contributed by atoms with Crippen LogP contribution in [-0.2, 0) is 4.79 Å². The number of nitrogens with one attached hydrogen (secondary N) is 1. The molecule has 5 nitrogen and oxygen atoms in total. The molecular weight excluding hydrogens is 272 g/mol. The summed E-state index contributed by atoms with van der Waals surface area (Å²) >= 11 is 5.11. The molecule has 0 radical (unpaired) electrons. The van der Waals surface area contributed by atoms with E-state index in [1.54, 1.807) is 0 Å². The van der Waals surface area contributed by atoms with Crippen LogP contribution in [-0.4, -0.2) is 66.0 Å². The zero-order valence-corrected chi connectivity index (χ0v) is 13.5. The summed E-state index contributed by atoms with van der Waals surface area (Å²) in [7, 11) is 0. The van der Waals surface area contributed by atoms with Crippen molar-refractivity contribution in [2.45, 2.75) is 39.2 Å². The molecule has 0 aromatic heterocycles. The molecule has 3 N–H and O–H groups in total. The number of carbonyl (C=O) groups is 1. The van der Waals surface area contributed by atoms with Gasteiger partial charge in [0.15, 0.2) is 0 Å². The summed E-state index contributed by atoms with van der Waals surface area (Å²) in [6, 6.07) is 0.200. The first-order valence-corrected chi connectivity index (χ1v) is 8.01. The maximum Gasteiger partial charge on any atom is 0.234 e. The van der Waals surface area contributed by atoms with Crippen LogP contribution >= 0.6 is 12.2 Å². The molecule has 0 aliphatic carbocycles. The van der Waals surface area contributed by atoms with Gasteiger partial charge in [0.05, 0.1) is 17.6 Å². The zero-order valence-electron chi connectivity index (χ0n) is 12.7. The Bertz CT molecular complexity index is 316. The Morgan fingerprint density at radius 2 is 1.95 bits per heavy atom. The lowest BCUT2D eigenvalue weighted by Gasteiger charge is -2.38. The molecule has 0 bridgehead atoms. The van der Waals surface area contributed by atoms with E-state index in [1.807, 2.05) is 0 Å². The predicted molar refractivity (Wildman–Crippen MR) is 86.8 cm³/mol. The largest absolute Gasteiger partial charge is 0.392 e. The standard InChI is InChI=1S/C14H28N4OS/c1-3-5-6-16-13(19)11-17-7-9-18(10-8-17)12(4-2)14(15)20/h12H,3-11H2,1-2H3,(H2,15,20)(H,16,19). The molecule has 1 amide bonds. The second kappa shape index (κ2) is 9.26. The molecule has 0 aromatic carbocycles. The van der Waals surface area contributed by atoms with Gasteiger partial charge in [-0.15, -0.1) is 0 Å². The van der Waals surface area contributed by atoms with Crippen molar-refractivity contribution in [1.29, 1.82) is 0 Å². The van der Waals surface area contributed by atoms with E-state index in [0.29, 0.717) is 11.5 Å². The summed E-state index contributed by atoms with van der Waals surface area (Å²) in [6.45, 7) is 9.18. The van der Waals surface area contributed by atoms with Crippen molar-refractivity contribution in [2.75, 3.05) is 39.3 Å². The van der Waals surface area contributed by atoms with Crippen molar-refractivity contribution in [3.05, 3.63) is 0 Å². The average molecular weight is 300 g/mol. The maximum atomic E-state index is 11.8. The molecule has 1 saturated heterocycles. The summed E-state index contributed by atoms with van der Waals surface area (Å²) in [5.74, 6) is 0.133. The van der Waals surface area contributed by atoms with Crippen molar-refractivity contribution in [3.8, 4) is 0 Å². The summed E-state index contributed by atoms with van der Waals surface area (Å²) in [5, 5.41) is 2.96. The van der Waals surface area contributed by atoms with Crippen molar-refractivity contribution in [3.63, 3.8) is 0 Å². The second-order valence-corrected chi connectivity index (χ2v) is 5.81. The maximum absolute atomic E-state index is 11.8. The summed E-state index contributed by atoms with van der Waals surface area (Å²) < 4.78 is 0. The van der Waals surface area contributed by atoms with E-state index < -0.39 is 0 Å². The molecule has 1 fully saturated rings. The summed E-state index contributed by atoms with van der Waals surface area (Å²) in [6.07, 6.45) is 3.11. The lowest BCUT2D eigenvalue weighted by Crippen LogP contribution is -2.54. The lowest BCUT2D eigenvalue weighted by molar-refractivity contribution is -0.122. The van der Waals surface area contributed by atoms with Crippen molar-refractivity contribution < 1.29 is 4.79 Å². The minimum Gasteiger partial charge on any atom is -0.392 e. The van der Waals surface area contributed by atoms with Gasteiger partial charge in [0, 0.05) is 32.7 Å². The third-order valence-corrected chi connectivity index (χ3v) is 4.05. The molecule has 0 spiro atoms. The molecule has 1 aliphatic rings. The Balaban J connectivity index is 2.28. The minimum absolute atomic E-state index is 0.133. The van der Waals surface area contributed by atoms with Crippen LogP contribution in [0.4, 0.5) is 0 Å². The van der Waals surface area contributed by atoms with Crippen molar-refractivity contribution >= 4 is 23.1 Å². The number of piperazine rings is 1. The van der Waals surface area contributed by atoms with E-state index in [4.69, 9.17) is 18.0 Å². The SMILES string of the molecule is CCCCNC(=O)CN1CCN(C(CC)C(N)=S)CC1. The Kier molecular flexibility index (Phi) is 8.02. The van der Waals surface area contributed by atoms with Gasteiger partial charge in [0.25, 0.3) is 0 Å². The number of thiocarbonyl (C=S) groups is 1. The Hall–Kier alpha value is -0.720. The Labute approximate surface area is 127 Å². The smallest absolute Gasteiger partial charge is 0.234 e. The molecule has 0 aromatic rings. The molecular formula is C14H28N4OS. The number of hydrogen-bond acceptors (Lipinski definition) is 4. The molecule has 1 unspecified atom stereocenters. The van der Waals surface area contributed by atoms with Crippen LogP contribution in [0.3, 0.4) is 0 Å². The van der Waals surface area contributed by atoms with Gasteiger partial charge in [0.2, 0.25) is 5.91 Å². The quantitative estimate of drug-likeness (QED) is 0.507. The topological polar surface area (TPSA) is 61.6 Å². The van der Waals surface area contributed by atoms with E-state index in [-0.39, 0.29) is 11.9 Å². The average Bonchev–Trinajstić information content (AvgIpc) is 2.41. The third-order valence-electron chi connectivity index (χ3n) is 3.78. The van der Waals surface area contributed by atoms with Gasteiger partial charge in [-0.05, 0) is 12.8 Å². The number of unbranched alkanes of at least 4 members (excludes halogenated alkanes) is 1. The first-order valence-electron chi connectivity index (χ1n) is 7.60. The number of nitrogens with two attached hydrogens (primary N) is 1. The Morgan fingerprint density at radius 1 is 1.30 bits per heavy atom. The molecule has 1 aliphatic heterocycles. The van der Waals surface area contributed by atoms with Crippen LogP contribution in [0.5, 0.6) is 0 Å². The van der Waals surface area contributed by atoms with E-state index in [0.717, 1.165) is 52.0 Å². The number of hydrogen-bond donors (Lipinski definition) is 2. The highest BCUT2D eigenvalue weighted by Crippen LogP contribution is 2.09. The molecule has 20 heavy (non-hydrogen) atoms. The number of nitrogens with zero attached hydrogens (tertiary/aromatic N) is 2. The predicted octanol–water partition coefficient (Wildman–Crippen LogP) is 0.585. The number of rotatable bonds is 8. The van der Waals surface area contributed by atoms with E-state index in [1.165, 1.54) is 0 Å². The van der Waals surface area contributed by atoms with Crippen LogP contribution < -0.4 is 11.1 Å². The fourth-order valence-electron chi connectivity index (χ4n) is 2.54. The molecule has 1 atom stereocenters. The number of carbonyl (C=O) groups excluding carboxylic acids is 1. The highest BCUT2D eigenvalue weighted by atomic mass is 32.1. The van der Waals surface area contributed by atoms with Crippen LogP contribution in [0.15, 0.2) is 0 Å². The molecule has 6 heteroatoms. The van der Waals surface area contributed by atoms with Gasteiger partial charge in [-0.3, -0.25) is 14.6 Å². The summed E-state index contributed by atoms with van der Waals surface area (Å²) in [4.78, 5) is 16.9. The monoisotopic (exact) mass is 300 g/mol. The highest BCUT2D eigenvalue weighted by molar-refractivity contribution is 7.80. The third kappa shape index (κ3) is 5.73. The first kappa shape index (κ1) is 17.3. The second-order valence-electron chi connectivity index (χ2n) is 5.34. The number of amides is 1. The van der Waals surface area contributed by atoms with Crippen molar-refractivity contribution in [1.82, 2.24) is 15.1 Å². The van der Waals surface area contributed by atoms with Gasteiger partial charge in [-0.2, -0.15) is 0 Å². The van der Waals surface area contributed by atoms with Crippen LogP contribution in [0.2, 0.25) is 0 Å². The summed E-state index contributed by atoms with van der Waals surface area (Å²) in [5.41, 5.74) is 5.77. The van der Waals surface area contributed by atoms with Crippen LogP contribution in [0.1, 0.15) is 33.1 Å². The fraction of sp³-hybridized carbons (Fsp3) is 0.857. The van der Waals surface area contributed by atoms with Gasteiger partial charge in [0.1, 0.15) is 0 Å². The van der Waals surface area contributed by atoms with Gasteiger partial charge < -0.3 is 11.1 Å². The fourth-order valence-corrected chi connectivity index (χ4v) is 2.85. The van der Waals surface area contributed by atoms with Gasteiger partial charge >= 0.3 is 0 Å². The lowest BCUT2D eigenvalue weighted by atomic mass is 10.1.